The van der Waals surface area contributed by atoms with E-state index in [1.165, 1.54) is 5.56 Å². The zero-order valence-corrected chi connectivity index (χ0v) is 10.2. The van der Waals surface area contributed by atoms with E-state index < -0.39 is 0 Å². The Kier molecular flexibility index (Phi) is 5.29. The van der Waals surface area contributed by atoms with Gasteiger partial charge in [0.2, 0.25) is 0 Å². The molecule has 0 radical (unpaired) electrons. The van der Waals surface area contributed by atoms with E-state index in [0.717, 1.165) is 13.2 Å². The van der Waals surface area contributed by atoms with Crippen LogP contribution in [0.5, 0.6) is 5.75 Å². The largest absolute Gasteiger partial charge is 0.508 e. The second-order valence-corrected chi connectivity index (χ2v) is 4.28. The summed E-state index contributed by atoms with van der Waals surface area (Å²) in [5, 5.41) is 12.6. The van der Waals surface area contributed by atoms with Gasteiger partial charge in [-0.1, -0.05) is 19.1 Å². The molecule has 1 aromatic carbocycles. The van der Waals surface area contributed by atoms with Gasteiger partial charge in [0.15, 0.2) is 0 Å². The molecule has 2 N–H and O–H groups in total. The number of rotatable bonds is 6. The standard InChI is InChI=1S/C13H21NO2/c1-10(9-16-3)8-14-11(2)12-4-6-13(15)7-5-12/h4-7,10-11,14-15H,8-9H2,1-3H3. The number of ether oxygens (including phenoxy) is 1. The van der Waals surface area contributed by atoms with Crippen molar-refractivity contribution in [3.63, 3.8) is 0 Å². The van der Waals surface area contributed by atoms with Gasteiger partial charge < -0.3 is 15.2 Å². The van der Waals surface area contributed by atoms with Crippen LogP contribution in [0, 0.1) is 5.92 Å². The summed E-state index contributed by atoms with van der Waals surface area (Å²) < 4.78 is 5.08. The first-order valence-corrected chi connectivity index (χ1v) is 5.64. The lowest BCUT2D eigenvalue weighted by Gasteiger charge is -2.17. The van der Waals surface area contributed by atoms with Crippen molar-refractivity contribution < 1.29 is 9.84 Å². The summed E-state index contributed by atoms with van der Waals surface area (Å²) in [7, 11) is 1.72. The third-order valence-corrected chi connectivity index (χ3v) is 2.62. The molecule has 0 aliphatic heterocycles. The summed E-state index contributed by atoms with van der Waals surface area (Å²) >= 11 is 0. The van der Waals surface area contributed by atoms with E-state index in [9.17, 15) is 5.11 Å². The van der Waals surface area contributed by atoms with Gasteiger partial charge in [0, 0.05) is 26.3 Å². The lowest BCUT2D eigenvalue weighted by molar-refractivity contribution is 0.157. The van der Waals surface area contributed by atoms with Crippen LogP contribution in [0.2, 0.25) is 0 Å². The van der Waals surface area contributed by atoms with Crippen LogP contribution in [0.25, 0.3) is 0 Å². The maximum absolute atomic E-state index is 9.19. The van der Waals surface area contributed by atoms with Crippen LogP contribution in [0.3, 0.4) is 0 Å². The highest BCUT2D eigenvalue weighted by molar-refractivity contribution is 5.27. The molecule has 3 heteroatoms. The number of benzene rings is 1. The van der Waals surface area contributed by atoms with Crippen LogP contribution in [0.15, 0.2) is 24.3 Å². The molecule has 0 aliphatic rings. The fraction of sp³-hybridized carbons (Fsp3) is 0.538. The molecule has 0 aliphatic carbocycles. The van der Waals surface area contributed by atoms with E-state index in [1.807, 2.05) is 12.1 Å². The lowest BCUT2D eigenvalue weighted by Crippen LogP contribution is -2.26. The minimum absolute atomic E-state index is 0.292. The first kappa shape index (κ1) is 13.0. The molecule has 90 valence electrons. The van der Waals surface area contributed by atoms with Gasteiger partial charge >= 0.3 is 0 Å². The van der Waals surface area contributed by atoms with Gasteiger partial charge in [-0.15, -0.1) is 0 Å². The molecule has 0 aromatic heterocycles. The number of hydrogen-bond donors (Lipinski definition) is 2. The Balaban J connectivity index is 2.40. The Morgan fingerprint density at radius 1 is 1.25 bits per heavy atom. The Bertz CT molecular complexity index is 297. The molecule has 0 heterocycles. The monoisotopic (exact) mass is 223 g/mol. The summed E-state index contributed by atoms with van der Waals surface area (Å²) in [6.45, 7) is 5.97. The molecule has 2 unspecified atom stereocenters. The summed E-state index contributed by atoms with van der Waals surface area (Å²) in [5.41, 5.74) is 1.18. The van der Waals surface area contributed by atoms with E-state index in [2.05, 4.69) is 19.2 Å². The number of methoxy groups -OCH3 is 1. The van der Waals surface area contributed by atoms with E-state index in [4.69, 9.17) is 4.74 Å². The molecule has 0 saturated heterocycles. The molecular formula is C13H21NO2. The molecular weight excluding hydrogens is 202 g/mol. The Labute approximate surface area is 97.4 Å². The number of hydrogen-bond acceptors (Lipinski definition) is 3. The van der Waals surface area contributed by atoms with Crippen molar-refractivity contribution in [3.8, 4) is 5.75 Å². The Morgan fingerprint density at radius 3 is 2.44 bits per heavy atom. The first-order valence-electron chi connectivity index (χ1n) is 5.64. The molecule has 0 bridgehead atoms. The fourth-order valence-electron chi connectivity index (χ4n) is 1.60. The van der Waals surface area contributed by atoms with Crippen LogP contribution in [-0.4, -0.2) is 25.4 Å². The first-order chi connectivity index (χ1) is 7.63. The van der Waals surface area contributed by atoms with Crippen molar-refractivity contribution in [1.29, 1.82) is 0 Å². The van der Waals surface area contributed by atoms with Gasteiger partial charge in [0.1, 0.15) is 5.75 Å². The SMILES string of the molecule is COCC(C)CNC(C)c1ccc(O)cc1. The Morgan fingerprint density at radius 2 is 1.88 bits per heavy atom. The summed E-state index contributed by atoms with van der Waals surface area (Å²) in [6.07, 6.45) is 0. The topological polar surface area (TPSA) is 41.5 Å². The number of nitrogens with one attached hydrogen (secondary N) is 1. The normalized spacial score (nSPS) is 14.7. The van der Waals surface area contributed by atoms with Crippen LogP contribution in [0.4, 0.5) is 0 Å². The second kappa shape index (κ2) is 6.51. The van der Waals surface area contributed by atoms with Crippen LogP contribution in [0.1, 0.15) is 25.5 Å². The summed E-state index contributed by atoms with van der Waals surface area (Å²) in [6, 6.07) is 7.60. The van der Waals surface area contributed by atoms with E-state index in [0.29, 0.717) is 17.7 Å². The fourth-order valence-corrected chi connectivity index (χ4v) is 1.60. The van der Waals surface area contributed by atoms with Crippen molar-refractivity contribution in [2.75, 3.05) is 20.3 Å². The summed E-state index contributed by atoms with van der Waals surface area (Å²) in [5.74, 6) is 0.813. The van der Waals surface area contributed by atoms with Crippen molar-refractivity contribution in [2.45, 2.75) is 19.9 Å². The van der Waals surface area contributed by atoms with Crippen molar-refractivity contribution >= 4 is 0 Å². The van der Waals surface area contributed by atoms with Crippen LogP contribution in [-0.2, 0) is 4.74 Å². The average molecular weight is 223 g/mol. The van der Waals surface area contributed by atoms with Gasteiger partial charge in [-0.05, 0) is 30.5 Å². The average Bonchev–Trinajstić information content (AvgIpc) is 2.27. The highest BCUT2D eigenvalue weighted by Crippen LogP contribution is 2.16. The maximum atomic E-state index is 9.19. The highest BCUT2D eigenvalue weighted by Gasteiger charge is 2.07. The molecule has 0 saturated carbocycles. The molecule has 1 rings (SSSR count). The van der Waals surface area contributed by atoms with Gasteiger partial charge in [-0.2, -0.15) is 0 Å². The molecule has 0 spiro atoms. The minimum Gasteiger partial charge on any atom is -0.508 e. The lowest BCUT2D eigenvalue weighted by atomic mass is 10.1. The smallest absolute Gasteiger partial charge is 0.115 e. The van der Waals surface area contributed by atoms with Crippen LogP contribution < -0.4 is 5.32 Å². The van der Waals surface area contributed by atoms with E-state index >= 15 is 0 Å². The molecule has 2 atom stereocenters. The predicted molar refractivity (Wildman–Crippen MR) is 65.6 cm³/mol. The zero-order valence-electron chi connectivity index (χ0n) is 10.2. The van der Waals surface area contributed by atoms with Crippen molar-refractivity contribution in [1.82, 2.24) is 5.32 Å². The maximum Gasteiger partial charge on any atom is 0.115 e. The van der Waals surface area contributed by atoms with Gasteiger partial charge in [-0.25, -0.2) is 0 Å². The highest BCUT2D eigenvalue weighted by atomic mass is 16.5. The third kappa shape index (κ3) is 4.21. The van der Waals surface area contributed by atoms with Crippen molar-refractivity contribution in [2.24, 2.45) is 5.92 Å². The number of phenolic OH excluding ortho intramolecular Hbond substituents is 1. The predicted octanol–water partition coefficient (Wildman–Crippen LogP) is 2.33. The zero-order chi connectivity index (χ0) is 12.0. The Hall–Kier alpha value is -1.06. The molecule has 3 nitrogen and oxygen atoms in total. The van der Waals surface area contributed by atoms with Gasteiger partial charge in [-0.3, -0.25) is 0 Å². The quantitative estimate of drug-likeness (QED) is 0.777. The van der Waals surface area contributed by atoms with E-state index in [-0.39, 0.29) is 0 Å². The van der Waals surface area contributed by atoms with Gasteiger partial charge in [0.05, 0.1) is 0 Å². The number of phenols is 1. The number of aromatic hydroxyl groups is 1. The minimum atomic E-state index is 0.292. The third-order valence-electron chi connectivity index (χ3n) is 2.62. The molecule has 0 fully saturated rings. The molecule has 1 aromatic rings. The van der Waals surface area contributed by atoms with Gasteiger partial charge in [0.25, 0.3) is 0 Å². The molecule has 16 heavy (non-hydrogen) atoms. The molecule has 0 amide bonds. The second-order valence-electron chi connectivity index (χ2n) is 4.28. The van der Waals surface area contributed by atoms with E-state index in [1.54, 1.807) is 19.2 Å². The van der Waals surface area contributed by atoms with Crippen LogP contribution >= 0.6 is 0 Å². The summed E-state index contributed by atoms with van der Waals surface area (Å²) in [4.78, 5) is 0. The van der Waals surface area contributed by atoms with Crippen molar-refractivity contribution in [3.05, 3.63) is 29.8 Å².